The Bertz CT molecular complexity index is 350. The molecule has 1 aromatic rings. The van der Waals surface area contributed by atoms with Crippen molar-refractivity contribution in [1.29, 1.82) is 0 Å². The number of hydrogen-bond donors (Lipinski definition) is 1. The lowest BCUT2D eigenvalue weighted by Gasteiger charge is -2.41. The third-order valence-electron chi connectivity index (χ3n) is 3.10. The topological polar surface area (TPSA) is 42.4 Å². The van der Waals surface area contributed by atoms with Crippen molar-refractivity contribution in [3.63, 3.8) is 0 Å². The first kappa shape index (κ1) is 11.6. The summed E-state index contributed by atoms with van der Waals surface area (Å²) in [5.74, 6) is 0. The lowest BCUT2D eigenvalue weighted by molar-refractivity contribution is -0.143. The van der Waals surface area contributed by atoms with Gasteiger partial charge in [0, 0.05) is 25.2 Å². The van der Waals surface area contributed by atoms with E-state index >= 15 is 0 Å². The van der Waals surface area contributed by atoms with E-state index in [0.717, 1.165) is 5.56 Å². The minimum atomic E-state index is -0.636. The van der Waals surface area contributed by atoms with E-state index in [1.807, 2.05) is 26.0 Å². The molecule has 1 aromatic heterocycles. The molecule has 0 aromatic carbocycles. The van der Waals surface area contributed by atoms with Crippen molar-refractivity contribution in [2.24, 2.45) is 0 Å². The first-order valence-electron chi connectivity index (χ1n) is 5.74. The average Bonchev–Trinajstić information content (AvgIpc) is 2.16. The fourth-order valence-electron chi connectivity index (χ4n) is 2.48. The van der Waals surface area contributed by atoms with Crippen molar-refractivity contribution in [2.45, 2.75) is 44.3 Å². The highest BCUT2D eigenvalue weighted by atomic mass is 16.5. The van der Waals surface area contributed by atoms with Crippen molar-refractivity contribution in [3.05, 3.63) is 30.1 Å². The summed E-state index contributed by atoms with van der Waals surface area (Å²) in [6, 6.07) is 3.92. The minimum absolute atomic E-state index is 0.222. The molecule has 1 fully saturated rings. The van der Waals surface area contributed by atoms with Crippen molar-refractivity contribution < 1.29 is 9.84 Å². The molecular formula is C13H19NO2. The third-order valence-corrected chi connectivity index (χ3v) is 3.10. The molecule has 2 rings (SSSR count). The van der Waals surface area contributed by atoms with Gasteiger partial charge in [-0.1, -0.05) is 0 Å². The van der Waals surface area contributed by atoms with Crippen LogP contribution in [0, 0.1) is 0 Å². The van der Waals surface area contributed by atoms with Gasteiger partial charge in [-0.3, -0.25) is 4.98 Å². The second kappa shape index (κ2) is 4.15. The molecule has 3 nitrogen and oxygen atoms in total. The molecule has 88 valence electrons. The standard InChI is InChI=1S/C13H19NO2/c1-12(2)10-13(15,5-8-16-12)9-11-3-6-14-7-4-11/h3-4,6-7,15H,5,8-10H2,1-2H3. The van der Waals surface area contributed by atoms with Crippen LogP contribution in [0.1, 0.15) is 32.3 Å². The first-order chi connectivity index (χ1) is 7.49. The van der Waals surface area contributed by atoms with E-state index in [0.29, 0.717) is 25.9 Å². The Balaban J connectivity index is 2.08. The Morgan fingerprint density at radius 3 is 2.69 bits per heavy atom. The smallest absolute Gasteiger partial charge is 0.0737 e. The fraction of sp³-hybridized carbons (Fsp3) is 0.615. The zero-order valence-electron chi connectivity index (χ0n) is 9.94. The summed E-state index contributed by atoms with van der Waals surface area (Å²) in [6.45, 7) is 4.70. The van der Waals surface area contributed by atoms with Gasteiger partial charge in [0.15, 0.2) is 0 Å². The molecule has 0 amide bonds. The predicted molar refractivity (Wildman–Crippen MR) is 62.2 cm³/mol. The maximum atomic E-state index is 10.6. The quantitative estimate of drug-likeness (QED) is 0.830. The highest BCUT2D eigenvalue weighted by Gasteiger charge is 2.39. The molecule has 0 saturated carbocycles. The van der Waals surface area contributed by atoms with Crippen LogP contribution in [0.2, 0.25) is 0 Å². The lowest BCUT2D eigenvalue weighted by Crippen LogP contribution is -2.47. The fourth-order valence-corrected chi connectivity index (χ4v) is 2.48. The van der Waals surface area contributed by atoms with E-state index < -0.39 is 5.60 Å². The Labute approximate surface area is 96.5 Å². The molecule has 0 bridgehead atoms. The Morgan fingerprint density at radius 2 is 2.06 bits per heavy atom. The molecule has 2 heterocycles. The number of ether oxygens (including phenoxy) is 1. The molecule has 1 saturated heterocycles. The van der Waals surface area contributed by atoms with Gasteiger partial charge < -0.3 is 9.84 Å². The van der Waals surface area contributed by atoms with Gasteiger partial charge in [0.25, 0.3) is 0 Å². The molecular weight excluding hydrogens is 202 g/mol. The summed E-state index contributed by atoms with van der Waals surface area (Å²) in [7, 11) is 0. The van der Waals surface area contributed by atoms with Crippen LogP contribution in [-0.4, -0.2) is 27.9 Å². The van der Waals surface area contributed by atoms with Crippen LogP contribution in [-0.2, 0) is 11.2 Å². The molecule has 0 aliphatic carbocycles. The summed E-state index contributed by atoms with van der Waals surface area (Å²) < 4.78 is 5.63. The largest absolute Gasteiger partial charge is 0.389 e. The van der Waals surface area contributed by atoms with Gasteiger partial charge in [0.05, 0.1) is 17.8 Å². The maximum Gasteiger partial charge on any atom is 0.0737 e. The van der Waals surface area contributed by atoms with Gasteiger partial charge in [0.2, 0.25) is 0 Å². The zero-order chi connectivity index (χ0) is 11.6. The maximum absolute atomic E-state index is 10.6. The zero-order valence-corrected chi connectivity index (χ0v) is 9.94. The normalized spacial score (nSPS) is 28.9. The van der Waals surface area contributed by atoms with Gasteiger partial charge in [-0.15, -0.1) is 0 Å². The molecule has 0 radical (unpaired) electrons. The van der Waals surface area contributed by atoms with Crippen LogP contribution < -0.4 is 0 Å². The molecule has 3 heteroatoms. The van der Waals surface area contributed by atoms with Crippen molar-refractivity contribution >= 4 is 0 Å². The Morgan fingerprint density at radius 1 is 1.38 bits per heavy atom. The highest BCUT2D eigenvalue weighted by Crippen LogP contribution is 2.34. The van der Waals surface area contributed by atoms with Crippen LogP contribution in [0.5, 0.6) is 0 Å². The Hall–Kier alpha value is -0.930. The minimum Gasteiger partial charge on any atom is -0.389 e. The Kier molecular flexibility index (Phi) is 3.00. The second-order valence-corrected chi connectivity index (χ2v) is 5.29. The number of rotatable bonds is 2. The number of pyridine rings is 1. The SMILES string of the molecule is CC1(C)CC(O)(Cc2ccncc2)CCO1. The molecule has 0 spiro atoms. The van der Waals surface area contributed by atoms with E-state index in [9.17, 15) is 5.11 Å². The number of nitrogens with zero attached hydrogens (tertiary/aromatic N) is 1. The van der Waals surface area contributed by atoms with Gasteiger partial charge >= 0.3 is 0 Å². The molecule has 1 atom stereocenters. The van der Waals surface area contributed by atoms with Crippen LogP contribution in [0.3, 0.4) is 0 Å². The molecule has 1 unspecified atom stereocenters. The number of hydrogen-bond acceptors (Lipinski definition) is 3. The molecule has 1 aliphatic heterocycles. The van der Waals surface area contributed by atoms with Gasteiger partial charge in [-0.25, -0.2) is 0 Å². The van der Waals surface area contributed by atoms with Crippen LogP contribution in [0.4, 0.5) is 0 Å². The second-order valence-electron chi connectivity index (χ2n) is 5.29. The van der Waals surface area contributed by atoms with Gasteiger partial charge in [-0.05, 0) is 38.0 Å². The van der Waals surface area contributed by atoms with Gasteiger partial charge in [-0.2, -0.15) is 0 Å². The molecule has 1 N–H and O–H groups in total. The molecule has 1 aliphatic rings. The average molecular weight is 221 g/mol. The lowest BCUT2D eigenvalue weighted by atomic mass is 9.80. The van der Waals surface area contributed by atoms with E-state index in [1.165, 1.54) is 0 Å². The number of aromatic nitrogens is 1. The summed E-state index contributed by atoms with van der Waals surface area (Å²) >= 11 is 0. The van der Waals surface area contributed by atoms with Crippen LogP contribution >= 0.6 is 0 Å². The van der Waals surface area contributed by atoms with E-state index in [2.05, 4.69) is 4.98 Å². The van der Waals surface area contributed by atoms with Crippen LogP contribution in [0.25, 0.3) is 0 Å². The summed E-state index contributed by atoms with van der Waals surface area (Å²) in [4.78, 5) is 3.98. The van der Waals surface area contributed by atoms with Crippen LogP contribution in [0.15, 0.2) is 24.5 Å². The predicted octanol–water partition coefficient (Wildman–Crippen LogP) is 1.94. The third kappa shape index (κ3) is 2.80. The van der Waals surface area contributed by atoms with E-state index in [-0.39, 0.29) is 5.60 Å². The summed E-state index contributed by atoms with van der Waals surface area (Å²) in [5, 5.41) is 10.6. The van der Waals surface area contributed by atoms with E-state index in [1.54, 1.807) is 12.4 Å². The van der Waals surface area contributed by atoms with Crippen molar-refractivity contribution in [1.82, 2.24) is 4.98 Å². The van der Waals surface area contributed by atoms with Gasteiger partial charge in [0.1, 0.15) is 0 Å². The van der Waals surface area contributed by atoms with Crippen molar-refractivity contribution in [2.75, 3.05) is 6.61 Å². The monoisotopic (exact) mass is 221 g/mol. The summed E-state index contributed by atoms with van der Waals surface area (Å²) in [5.41, 5.74) is 0.276. The number of aliphatic hydroxyl groups is 1. The summed E-state index contributed by atoms with van der Waals surface area (Å²) in [6.07, 6.45) is 5.61. The highest BCUT2D eigenvalue weighted by molar-refractivity contribution is 5.14. The first-order valence-corrected chi connectivity index (χ1v) is 5.74. The van der Waals surface area contributed by atoms with Crippen molar-refractivity contribution in [3.8, 4) is 0 Å². The van der Waals surface area contributed by atoms with E-state index in [4.69, 9.17) is 4.74 Å². The molecule has 16 heavy (non-hydrogen) atoms.